The summed E-state index contributed by atoms with van der Waals surface area (Å²) in [5, 5.41) is 6.47. The van der Waals surface area contributed by atoms with Gasteiger partial charge in [-0.1, -0.05) is 16.8 Å². The van der Waals surface area contributed by atoms with Crippen molar-refractivity contribution in [1.29, 1.82) is 0 Å². The summed E-state index contributed by atoms with van der Waals surface area (Å²) < 4.78 is 33.3. The fraction of sp³-hybridized carbons (Fsp3) is 0.368. The molecule has 0 bridgehead atoms. The minimum absolute atomic E-state index is 0.310. The Morgan fingerprint density at radius 3 is 2.52 bits per heavy atom. The lowest BCUT2D eigenvalue weighted by atomic mass is 10.2. The Hall–Kier alpha value is -1.94. The number of anilines is 1. The molecule has 2 aromatic heterocycles. The smallest absolute Gasteiger partial charge is 0.252 e. The van der Waals surface area contributed by atoms with Gasteiger partial charge in [0.05, 0.1) is 0 Å². The Bertz CT molecular complexity index is 1110. The molecule has 10 heteroatoms. The molecule has 1 aliphatic heterocycles. The van der Waals surface area contributed by atoms with Crippen LogP contribution in [-0.2, 0) is 10.0 Å². The standard InChI is InChI=1S/C19H19ClN4O3S2/c20-15-3-5-16(6-4-15)23-7-9-24(10-8-23)29(25,26)17-11-14(12-28-17)18-21-19(27-22-18)13-1-2-13/h3-6,11-13H,1-2,7-10H2. The van der Waals surface area contributed by atoms with E-state index in [2.05, 4.69) is 15.0 Å². The van der Waals surface area contributed by atoms with Crippen LogP contribution in [0.2, 0.25) is 5.02 Å². The molecule has 1 aliphatic carbocycles. The molecule has 1 aromatic carbocycles. The number of thiophene rings is 1. The zero-order valence-electron chi connectivity index (χ0n) is 15.5. The number of aromatic nitrogens is 2. The van der Waals surface area contributed by atoms with Crippen LogP contribution in [0.25, 0.3) is 11.4 Å². The van der Waals surface area contributed by atoms with E-state index >= 15 is 0 Å². The number of benzene rings is 1. The van der Waals surface area contributed by atoms with Crippen molar-refractivity contribution in [3.05, 3.63) is 46.6 Å². The topological polar surface area (TPSA) is 79.5 Å². The van der Waals surface area contributed by atoms with Crippen molar-refractivity contribution in [3.63, 3.8) is 0 Å². The number of hydrogen-bond donors (Lipinski definition) is 0. The molecule has 0 radical (unpaired) electrons. The van der Waals surface area contributed by atoms with Gasteiger partial charge < -0.3 is 9.42 Å². The van der Waals surface area contributed by atoms with Gasteiger partial charge in [-0.05, 0) is 43.2 Å². The minimum atomic E-state index is -3.54. The number of piperazine rings is 1. The van der Waals surface area contributed by atoms with Crippen LogP contribution in [0.15, 0.2) is 44.4 Å². The van der Waals surface area contributed by atoms with E-state index in [0.717, 1.165) is 18.5 Å². The Kier molecular flexibility index (Phi) is 4.85. The largest absolute Gasteiger partial charge is 0.369 e. The monoisotopic (exact) mass is 450 g/mol. The fourth-order valence-corrected chi connectivity index (χ4v) is 6.24. The molecule has 0 N–H and O–H groups in total. The summed E-state index contributed by atoms with van der Waals surface area (Å²) in [5.41, 5.74) is 1.73. The van der Waals surface area contributed by atoms with E-state index in [1.54, 1.807) is 15.8 Å². The van der Waals surface area contributed by atoms with Crippen molar-refractivity contribution in [2.75, 3.05) is 31.1 Å². The van der Waals surface area contributed by atoms with Gasteiger partial charge in [-0.2, -0.15) is 9.29 Å². The fourth-order valence-electron chi connectivity index (χ4n) is 3.38. The summed E-state index contributed by atoms with van der Waals surface area (Å²) >= 11 is 7.15. The maximum absolute atomic E-state index is 13.1. The van der Waals surface area contributed by atoms with Crippen LogP contribution >= 0.6 is 22.9 Å². The van der Waals surface area contributed by atoms with Gasteiger partial charge in [0.15, 0.2) is 0 Å². The molecule has 0 atom stereocenters. The maximum atomic E-state index is 13.1. The van der Waals surface area contributed by atoms with Crippen LogP contribution in [0.5, 0.6) is 0 Å². The molecule has 1 saturated heterocycles. The molecule has 3 heterocycles. The number of rotatable bonds is 5. The van der Waals surface area contributed by atoms with Gasteiger partial charge in [0.25, 0.3) is 10.0 Å². The summed E-state index contributed by atoms with van der Waals surface area (Å²) in [4.78, 5) is 6.57. The molecule has 0 spiro atoms. The molecule has 7 nitrogen and oxygen atoms in total. The van der Waals surface area contributed by atoms with Crippen molar-refractivity contribution >= 4 is 38.6 Å². The summed E-state index contributed by atoms with van der Waals surface area (Å²) in [5.74, 6) is 1.47. The summed E-state index contributed by atoms with van der Waals surface area (Å²) in [7, 11) is -3.54. The minimum Gasteiger partial charge on any atom is -0.369 e. The second-order valence-electron chi connectivity index (χ2n) is 7.25. The zero-order valence-corrected chi connectivity index (χ0v) is 17.9. The van der Waals surface area contributed by atoms with E-state index < -0.39 is 10.0 Å². The van der Waals surface area contributed by atoms with Crippen LogP contribution < -0.4 is 4.90 Å². The van der Waals surface area contributed by atoms with Crippen LogP contribution in [0, 0.1) is 0 Å². The third-order valence-electron chi connectivity index (χ3n) is 5.23. The lowest BCUT2D eigenvalue weighted by Gasteiger charge is -2.35. The Morgan fingerprint density at radius 1 is 1.10 bits per heavy atom. The van der Waals surface area contributed by atoms with E-state index in [0.29, 0.717) is 58.6 Å². The van der Waals surface area contributed by atoms with Crippen molar-refractivity contribution in [3.8, 4) is 11.4 Å². The SMILES string of the molecule is O=S(=O)(c1cc(-c2noc(C3CC3)n2)cs1)N1CCN(c2ccc(Cl)cc2)CC1. The van der Waals surface area contributed by atoms with Crippen molar-refractivity contribution in [1.82, 2.24) is 14.4 Å². The second-order valence-corrected chi connectivity index (χ2v) is 10.8. The molecule has 2 aliphatic rings. The highest BCUT2D eigenvalue weighted by atomic mass is 35.5. The van der Waals surface area contributed by atoms with Gasteiger partial charge in [-0.3, -0.25) is 0 Å². The van der Waals surface area contributed by atoms with E-state index in [-0.39, 0.29) is 0 Å². The molecule has 2 fully saturated rings. The highest BCUT2D eigenvalue weighted by molar-refractivity contribution is 7.91. The van der Waals surface area contributed by atoms with E-state index in [1.807, 2.05) is 24.3 Å². The third-order valence-corrected chi connectivity index (χ3v) is 8.79. The van der Waals surface area contributed by atoms with Crippen LogP contribution in [0.4, 0.5) is 5.69 Å². The lowest BCUT2D eigenvalue weighted by Crippen LogP contribution is -2.48. The molecule has 0 unspecified atom stereocenters. The van der Waals surface area contributed by atoms with Crippen molar-refractivity contribution < 1.29 is 12.9 Å². The van der Waals surface area contributed by atoms with Crippen molar-refractivity contribution in [2.24, 2.45) is 0 Å². The Labute approximate surface area is 177 Å². The summed E-state index contributed by atoms with van der Waals surface area (Å²) in [6, 6.07) is 9.25. The molecule has 3 aromatic rings. The number of sulfonamides is 1. The highest BCUT2D eigenvalue weighted by Gasteiger charge is 2.32. The first-order chi connectivity index (χ1) is 14.0. The lowest BCUT2D eigenvalue weighted by molar-refractivity contribution is 0.380. The average molecular weight is 451 g/mol. The zero-order chi connectivity index (χ0) is 20.0. The second kappa shape index (κ2) is 7.39. The van der Waals surface area contributed by atoms with E-state index in [1.165, 1.54) is 11.3 Å². The van der Waals surface area contributed by atoms with Gasteiger partial charge in [0.2, 0.25) is 11.7 Å². The first kappa shape index (κ1) is 19.0. The molecular weight excluding hydrogens is 432 g/mol. The molecule has 152 valence electrons. The summed E-state index contributed by atoms with van der Waals surface area (Å²) in [6.07, 6.45) is 2.15. The highest BCUT2D eigenvalue weighted by Crippen LogP contribution is 2.40. The first-order valence-corrected chi connectivity index (χ1v) is 12.1. The maximum Gasteiger partial charge on any atom is 0.252 e. The van der Waals surface area contributed by atoms with Gasteiger partial charge in [-0.15, -0.1) is 11.3 Å². The van der Waals surface area contributed by atoms with Gasteiger partial charge in [-0.25, -0.2) is 8.42 Å². The van der Waals surface area contributed by atoms with Crippen LogP contribution in [0.3, 0.4) is 0 Å². The van der Waals surface area contributed by atoms with Crippen LogP contribution in [-0.4, -0.2) is 49.0 Å². The molecule has 29 heavy (non-hydrogen) atoms. The Morgan fingerprint density at radius 2 is 1.83 bits per heavy atom. The molecule has 0 amide bonds. The average Bonchev–Trinajstić information content (AvgIpc) is 3.25. The van der Waals surface area contributed by atoms with Gasteiger partial charge in [0.1, 0.15) is 4.21 Å². The molecule has 5 rings (SSSR count). The predicted octanol–water partition coefficient (Wildman–Crippen LogP) is 3.84. The van der Waals surface area contributed by atoms with Gasteiger partial charge >= 0.3 is 0 Å². The predicted molar refractivity (Wildman–Crippen MR) is 112 cm³/mol. The molecule has 1 saturated carbocycles. The molecular formula is C19H19ClN4O3S2. The third kappa shape index (κ3) is 3.79. The number of halogens is 1. The van der Waals surface area contributed by atoms with Crippen molar-refractivity contribution in [2.45, 2.75) is 23.0 Å². The quantitative estimate of drug-likeness (QED) is 0.587. The van der Waals surface area contributed by atoms with E-state index in [9.17, 15) is 8.42 Å². The number of hydrogen-bond acceptors (Lipinski definition) is 7. The van der Waals surface area contributed by atoms with E-state index in [4.69, 9.17) is 16.1 Å². The summed E-state index contributed by atoms with van der Waals surface area (Å²) in [6.45, 7) is 2.14. The normalized spacial score (nSPS) is 18.3. The Balaban J connectivity index is 1.28. The number of nitrogens with zero attached hydrogens (tertiary/aromatic N) is 4. The first-order valence-electron chi connectivity index (χ1n) is 9.44. The van der Waals surface area contributed by atoms with Crippen LogP contribution in [0.1, 0.15) is 24.7 Å². The van der Waals surface area contributed by atoms with Gasteiger partial charge in [0, 0.05) is 53.8 Å².